The van der Waals surface area contributed by atoms with E-state index in [1.54, 1.807) is 7.11 Å². The van der Waals surface area contributed by atoms with Crippen LogP contribution < -0.4 is 4.74 Å². The SMILES string of the molecule is C=C1c2cccc3c2C(Cc2ccc(OC)cc2C3)C1C(=O)OC. The molecule has 0 spiro atoms. The van der Waals surface area contributed by atoms with Crippen LogP contribution in [0.3, 0.4) is 0 Å². The zero-order valence-corrected chi connectivity index (χ0v) is 14.0. The summed E-state index contributed by atoms with van der Waals surface area (Å²) in [7, 11) is 3.14. The van der Waals surface area contributed by atoms with E-state index in [0.29, 0.717) is 0 Å². The predicted molar refractivity (Wildman–Crippen MR) is 93.2 cm³/mol. The van der Waals surface area contributed by atoms with Crippen molar-refractivity contribution in [2.45, 2.75) is 18.8 Å². The summed E-state index contributed by atoms with van der Waals surface area (Å²) in [6.07, 6.45) is 1.68. The Hall–Kier alpha value is -2.55. The molecule has 24 heavy (non-hydrogen) atoms. The summed E-state index contributed by atoms with van der Waals surface area (Å²) in [5, 5.41) is 0. The fourth-order valence-corrected chi connectivity index (χ4v) is 4.25. The van der Waals surface area contributed by atoms with Crippen molar-refractivity contribution in [1.29, 1.82) is 0 Å². The molecule has 0 aromatic heterocycles. The second-order valence-electron chi connectivity index (χ2n) is 6.53. The van der Waals surface area contributed by atoms with Crippen molar-refractivity contribution in [2.24, 2.45) is 5.92 Å². The fourth-order valence-electron chi connectivity index (χ4n) is 4.25. The molecule has 0 aliphatic heterocycles. The summed E-state index contributed by atoms with van der Waals surface area (Å²) in [5.74, 6) is 0.491. The van der Waals surface area contributed by atoms with E-state index in [2.05, 4.69) is 36.9 Å². The largest absolute Gasteiger partial charge is 0.497 e. The van der Waals surface area contributed by atoms with Gasteiger partial charge in [0, 0.05) is 5.92 Å². The number of carbonyl (C=O) groups is 1. The van der Waals surface area contributed by atoms with Crippen molar-refractivity contribution >= 4 is 11.5 Å². The van der Waals surface area contributed by atoms with Crippen molar-refractivity contribution in [3.05, 3.63) is 70.8 Å². The maximum absolute atomic E-state index is 12.4. The topological polar surface area (TPSA) is 35.5 Å². The molecule has 0 bridgehead atoms. The lowest BCUT2D eigenvalue weighted by molar-refractivity contribution is -0.143. The van der Waals surface area contributed by atoms with Crippen molar-refractivity contribution in [3.8, 4) is 5.75 Å². The number of carbonyl (C=O) groups excluding carboxylic acids is 1. The van der Waals surface area contributed by atoms with E-state index in [4.69, 9.17) is 9.47 Å². The van der Waals surface area contributed by atoms with Gasteiger partial charge in [-0.2, -0.15) is 0 Å². The average molecular weight is 320 g/mol. The minimum Gasteiger partial charge on any atom is -0.497 e. The summed E-state index contributed by atoms with van der Waals surface area (Å²) >= 11 is 0. The second-order valence-corrected chi connectivity index (χ2v) is 6.53. The van der Waals surface area contributed by atoms with Gasteiger partial charge in [0.15, 0.2) is 0 Å². The fraction of sp³-hybridized carbons (Fsp3) is 0.286. The van der Waals surface area contributed by atoms with E-state index in [9.17, 15) is 4.79 Å². The Bertz CT molecular complexity index is 850. The van der Waals surface area contributed by atoms with Gasteiger partial charge >= 0.3 is 5.97 Å². The first-order valence-electron chi connectivity index (χ1n) is 8.18. The average Bonchev–Trinajstić information content (AvgIpc) is 2.78. The minimum absolute atomic E-state index is 0.103. The van der Waals surface area contributed by atoms with Crippen molar-refractivity contribution < 1.29 is 14.3 Å². The molecule has 2 aliphatic rings. The first kappa shape index (κ1) is 15.0. The van der Waals surface area contributed by atoms with Crippen LogP contribution in [-0.4, -0.2) is 20.2 Å². The van der Waals surface area contributed by atoms with Crippen LogP contribution in [0, 0.1) is 5.92 Å². The zero-order chi connectivity index (χ0) is 16.8. The third kappa shape index (κ3) is 2.08. The highest BCUT2D eigenvalue weighted by molar-refractivity contribution is 5.93. The summed E-state index contributed by atoms with van der Waals surface area (Å²) < 4.78 is 10.5. The number of methoxy groups -OCH3 is 2. The van der Waals surface area contributed by atoms with Crippen LogP contribution in [-0.2, 0) is 22.4 Å². The second kappa shape index (κ2) is 5.52. The Morgan fingerprint density at radius 2 is 1.96 bits per heavy atom. The monoisotopic (exact) mass is 320 g/mol. The summed E-state index contributed by atoms with van der Waals surface area (Å²) in [5.41, 5.74) is 7.09. The molecule has 0 fully saturated rings. The van der Waals surface area contributed by atoms with Gasteiger partial charge < -0.3 is 9.47 Å². The van der Waals surface area contributed by atoms with Crippen molar-refractivity contribution in [1.82, 2.24) is 0 Å². The Balaban J connectivity index is 1.89. The quantitative estimate of drug-likeness (QED) is 0.791. The first-order chi connectivity index (χ1) is 11.6. The highest BCUT2D eigenvalue weighted by Gasteiger charge is 2.43. The molecule has 122 valence electrons. The lowest BCUT2D eigenvalue weighted by Crippen LogP contribution is -2.21. The normalized spacial score (nSPS) is 20.8. The standard InChI is InChI=1S/C21H20O3/c1-12-17-6-4-5-14-9-15-10-16(23-2)8-7-13(15)11-18(20(14)17)19(12)21(22)24-3/h4-8,10,18-19H,1,9,11H2,2-3H3. The van der Waals surface area contributed by atoms with Gasteiger partial charge in [-0.15, -0.1) is 0 Å². The molecule has 0 heterocycles. The van der Waals surface area contributed by atoms with Crippen LogP contribution in [0.2, 0.25) is 0 Å². The Morgan fingerprint density at radius 1 is 1.12 bits per heavy atom. The summed E-state index contributed by atoms with van der Waals surface area (Å²) in [6, 6.07) is 12.5. The van der Waals surface area contributed by atoms with Gasteiger partial charge in [0.1, 0.15) is 5.75 Å². The van der Waals surface area contributed by atoms with Gasteiger partial charge in [-0.25, -0.2) is 0 Å². The van der Waals surface area contributed by atoms with E-state index in [0.717, 1.165) is 29.7 Å². The molecule has 2 aromatic rings. The lowest BCUT2D eigenvalue weighted by Gasteiger charge is -2.19. The maximum Gasteiger partial charge on any atom is 0.313 e. The van der Waals surface area contributed by atoms with Crippen molar-refractivity contribution in [3.63, 3.8) is 0 Å². The third-order valence-corrected chi connectivity index (χ3v) is 5.38. The van der Waals surface area contributed by atoms with E-state index in [1.807, 2.05) is 6.07 Å². The number of hydrogen-bond acceptors (Lipinski definition) is 3. The third-order valence-electron chi connectivity index (χ3n) is 5.38. The molecule has 2 unspecified atom stereocenters. The lowest BCUT2D eigenvalue weighted by atomic mass is 9.85. The van der Waals surface area contributed by atoms with Gasteiger partial charge in [0.05, 0.1) is 20.1 Å². The zero-order valence-electron chi connectivity index (χ0n) is 14.0. The van der Waals surface area contributed by atoms with Crippen LogP contribution >= 0.6 is 0 Å². The minimum atomic E-state index is -0.292. The van der Waals surface area contributed by atoms with Gasteiger partial charge in [-0.1, -0.05) is 30.8 Å². The Morgan fingerprint density at radius 3 is 2.71 bits per heavy atom. The van der Waals surface area contributed by atoms with Gasteiger partial charge in [0.2, 0.25) is 0 Å². The molecular weight excluding hydrogens is 300 g/mol. The number of esters is 1. The summed E-state index contributed by atoms with van der Waals surface area (Å²) in [4.78, 5) is 12.4. The van der Waals surface area contributed by atoms with Crippen LogP contribution in [0.5, 0.6) is 5.75 Å². The van der Waals surface area contributed by atoms with Crippen LogP contribution in [0.1, 0.15) is 33.7 Å². The molecule has 4 rings (SSSR count). The predicted octanol–water partition coefficient (Wildman–Crippen LogP) is 3.74. The van der Waals surface area contributed by atoms with E-state index in [-0.39, 0.29) is 17.8 Å². The van der Waals surface area contributed by atoms with E-state index in [1.165, 1.54) is 29.4 Å². The van der Waals surface area contributed by atoms with E-state index >= 15 is 0 Å². The maximum atomic E-state index is 12.4. The number of ether oxygens (including phenoxy) is 2. The smallest absolute Gasteiger partial charge is 0.313 e. The molecule has 2 atom stereocenters. The molecule has 2 aromatic carbocycles. The summed E-state index contributed by atoms with van der Waals surface area (Å²) in [6.45, 7) is 4.21. The molecule has 0 N–H and O–H groups in total. The van der Waals surface area contributed by atoms with Crippen LogP contribution in [0.25, 0.3) is 5.57 Å². The molecule has 2 aliphatic carbocycles. The molecule has 0 amide bonds. The van der Waals surface area contributed by atoms with E-state index < -0.39 is 0 Å². The highest BCUT2D eigenvalue weighted by atomic mass is 16.5. The Labute approximate surface area is 141 Å². The van der Waals surface area contributed by atoms with Crippen LogP contribution in [0.15, 0.2) is 43.0 Å². The Kier molecular flexibility index (Phi) is 3.45. The number of rotatable bonds is 2. The number of fused-ring (bicyclic) bond motifs is 1. The molecule has 0 saturated carbocycles. The first-order valence-corrected chi connectivity index (χ1v) is 8.18. The van der Waals surface area contributed by atoms with Gasteiger partial charge in [-0.3, -0.25) is 4.79 Å². The molecule has 3 nitrogen and oxygen atoms in total. The molecule has 0 radical (unpaired) electrons. The molecule has 3 heteroatoms. The molecular formula is C21H20O3. The van der Waals surface area contributed by atoms with Gasteiger partial charge in [0.25, 0.3) is 0 Å². The van der Waals surface area contributed by atoms with Gasteiger partial charge in [-0.05, 0) is 58.4 Å². The number of hydrogen-bond donors (Lipinski definition) is 0. The number of benzene rings is 2. The highest BCUT2D eigenvalue weighted by Crippen LogP contribution is 2.50. The molecule has 0 saturated heterocycles. The van der Waals surface area contributed by atoms with Crippen LogP contribution in [0.4, 0.5) is 0 Å². The van der Waals surface area contributed by atoms with Crippen molar-refractivity contribution in [2.75, 3.05) is 14.2 Å².